The third-order valence-corrected chi connectivity index (χ3v) is 7.07. The SMILES string of the molecule is O=C(CCc1ccc(S(=O)(=O)N2CCOCC2)cc1)NCC1CCCNC1. The van der Waals surface area contributed by atoms with Crippen molar-refractivity contribution >= 4 is 15.9 Å². The van der Waals surface area contributed by atoms with E-state index in [4.69, 9.17) is 4.74 Å². The topological polar surface area (TPSA) is 87.7 Å². The van der Waals surface area contributed by atoms with Gasteiger partial charge in [-0.25, -0.2) is 8.42 Å². The number of carbonyl (C=O) groups is 1. The van der Waals surface area contributed by atoms with Gasteiger partial charge in [0.15, 0.2) is 0 Å². The van der Waals surface area contributed by atoms with E-state index in [0.717, 1.165) is 31.6 Å². The van der Waals surface area contributed by atoms with Crippen molar-refractivity contribution in [1.82, 2.24) is 14.9 Å². The molecule has 1 unspecified atom stereocenters. The summed E-state index contributed by atoms with van der Waals surface area (Å²) >= 11 is 0. The summed E-state index contributed by atoms with van der Waals surface area (Å²) in [6.45, 7) is 4.41. The Hall–Kier alpha value is -1.48. The molecule has 1 aromatic carbocycles. The lowest BCUT2D eigenvalue weighted by Gasteiger charge is -2.26. The van der Waals surface area contributed by atoms with Crippen molar-refractivity contribution in [3.8, 4) is 0 Å². The van der Waals surface area contributed by atoms with Crippen LogP contribution in [0.1, 0.15) is 24.8 Å². The molecule has 8 heteroatoms. The van der Waals surface area contributed by atoms with Gasteiger partial charge in [0, 0.05) is 26.1 Å². The molecule has 0 saturated carbocycles. The number of ether oxygens (including phenoxy) is 1. The Bertz CT molecular complexity index is 709. The fourth-order valence-corrected chi connectivity index (χ4v) is 4.87. The van der Waals surface area contributed by atoms with E-state index < -0.39 is 10.0 Å². The van der Waals surface area contributed by atoms with Crippen molar-refractivity contribution in [3.63, 3.8) is 0 Å². The molecule has 0 bridgehead atoms. The van der Waals surface area contributed by atoms with Gasteiger partial charge in [0.05, 0.1) is 18.1 Å². The molecule has 3 rings (SSSR count). The Balaban J connectivity index is 1.46. The van der Waals surface area contributed by atoms with Crippen LogP contribution in [0.4, 0.5) is 0 Å². The van der Waals surface area contributed by atoms with Gasteiger partial charge in [-0.1, -0.05) is 12.1 Å². The number of carbonyl (C=O) groups excluding carboxylic acids is 1. The zero-order valence-corrected chi connectivity index (χ0v) is 16.5. The number of nitrogens with zero attached hydrogens (tertiary/aromatic N) is 1. The first-order chi connectivity index (χ1) is 13.1. The molecule has 7 nitrogen and oxygen atoms in total. The van der Waals surface area contributed by atoms with Crippen LogP contribution in [0.3, 0.4) is 0 Å². The van der Waals surface area contributed by atoms with Gasteiger partial charge in [-0.3, -0.25) is 4.79 Å². The van der Waals surface area contributed by atoms with Crippen LogP contribution < -0.4 is 10.6 Å². The van der Waals surface area contributed by atoms with Crippen LogP contribution in [0, 0.1) is 5.92 Å². The maximum atomic E-state index is 12.6. The molecule has 0 radical (unpaired) electrons. The van der Waals surface area contributed by atoms with Gasteiger partial charge in [0.1, 0.15) is 0 Å². The molecule has 1 amide bonds. The molecule has 150 valence electrons. The molecule has 0 aliphatic carbocycles. The van der Waals surface area contributed by atoms with Crippen molar-refractivity contribution in [3.05, 3.63) is 29.8 Å². The quantitative estimate of drug-likeness (QED) is 0.712. The van der Waals surface area contributed by atoms with E-state index in [2.05, 4.69) is 10.6 Å². The number of benzene rings is 1. The Morgan fingerprint density at radius 2 is 1.96 bits per heavy atom. The summed E-state index contributed by atoms with van der Waals surface area (Å²) in [5, 5.41) is 6.35. The lowest BCUT2D eigenvalue weighted by atomic mass is 10.00. The summed E-state index contributed by atoms with van der Waals surface area (Å²) in [5.41, 5.74) is 0.963. The second-order valence-electron chi connectivity index (χ2n) is 7.18. The van der Waals surface area contributed by atoms with Gasteiger partial charge in [-0.2, -0.15) is 4.31 Å². The minimum absolute atomic E-state index is 0.0468. The second kappa shape index (κ2) is 9.64. The van der Waals surface area contributed by atoms with Gasteiger partial charge >= 0.3 is 0 Å². The van der Waals surface area contributed by atoms with Gasteiger partial charge in [0.2, 0.25) is 15.9 Å². The average Bonchev–Trinajstić information content (AvgIpc) is 2.72. The Morgan fingerprint density at radius 1 is 1.22 bits per heavy atom. The summed E-state index contributed by atoms with van der Waals surface area (Å²) in [7, 11) is -3.46. The van der Waals surface area contributed by atoms with Crippen LogP contribution in [0.2, 0.25) is 0 Å². The van der Waals surface area contributed by atoms with Crippen LogP contribution in [0.25, 0.3) is 0 Å². The lowest BCUT2D eigenvalue weighted by Crippen LogP contribution is -2.40. The largest absolute Gasteiger partial charge is 0.379 e. The normalized spacial score (nSPS) is 21.7. The highest BCUT2D eigenvalue weighted by Gasteiger charge is 2.26. The number of sulfonamides is 1. The number of rotatable bonds is 7. The van der Waals surface area contributed by atoms with Gasteiger partial charge < -0.3 is 15.4 Å². The third kappa shape index (κ3) is 5.75. The first-order valence-electron chi connectivity index (χ1n) is 9.70. The van der Waals surface area contributed by atoms with E-state index in [9.17, 15) is 13.2 Å². The summed E-state index contributed by atoms with van der Waals surface area (Å²) in [6.07, 6.45) is 3.34. The summed E-state index contributed by atoms with van der Waals surface area (Å²) in [6, 6.07) is 6.86. The second-order valence-corrected chi connectivity index (χ2v) is 9.11. The Labute approximate surface area is 161 Å². The summed E-state index contributed by atoms with van der Waals surface area (Å²) in [4.78, 5) is 12.3. The summed E-state index contributed by atoms with van der Waals surface area (Å²) in [5.74, 6) is 0.568. The fraction of sp³-hybridized carbons (Fsp3) is 0.632. The first kappa shape index (κ1) is 20.3. The number of piperidine rings is 1. The van der Waals surface area contributed by atoms with Crippen LogP contribution in [-0.4, -0.2) is 64.6 Å². The number of morpholine rings is 1. The highest BCUT2D eigenvalue weighted by Crippen LogP contribution is 2.18. The van der Waals surface area contributed by atoms with E-state index >= 15 is 0 Å². The molecular formula is C19H29N3O4S. The van der Waals surface area contributed by atoms with Crippen molar-refractivity contribution in [1.29, 1.82) is 0 Å². The van der Waals surface area contributed by atoms with Crippen LogP contribution in [0.5, 0.6) is 0 Å². The van der Waals surface area contributed by atoms with E-state index in [0.29, 0.717) is 50.0 Å². The van der Waals surface area contributed by atoms with E-state index in [-0.39, 0.29) is 5.91 Å². The maximum absolute atomic E-state index is 12.6. The highest BCUT2D eigenvalue weighted by molar-refractivity contribution is 7.89. The molecule has 2 heterocycles. The predicted octanol–water partition coefficient (Wildman–Crippen LogP) is 0.756. The molecule has 2 aliphatic heterocycles. The molecule has 0 spiro atoms. The number of amides is 1. The molecule has 0 aromatic heterocycles. The molecule has 27 heavy (non-hydrogen) atoms. The molecule has 2 saturated heterocycles. The minimum Gasteiger partial charge on any atom is -0.379 e. The Kier molecular flexibility index (Phi) is 7.23. The van der Waals surface area contributed by atoms with Crippen LogP contribution in [-0.2, 0) is 26.0 Å². The van der Waals surface area contributed by atoms with E-state index in [1.165, 1.54) is 10.7 Å². The van der Waals surface area contributed by atoms with E-state index in [1.54, 1.807) is 24.3 Å². The van der Waals surface area contributed by atoms with Crippen LogP contribution in [0.15, 0.2) is 29.2 Å². The molecule has 1 aromatic rings. The molecule has 2 N–H and O–H groups in total. The monoisotopic (exact) mass is 395 g/mol. The van der Waals surface area contributed by atoms with Gasteiger partial charge in [0.25, 0.3) is 0 Å². The molecular weight excluding hydrogens is 366 g/mol. The first-order valence-corrected chi connectivity index (χ1v) is 11.1. The van der Waals surface area contributed by atoms with Crippen molar-refractivity contribution in [2.75, 3.05) is 45.9 Å². The Morgan fingerprint density at radius 3 is 2.63 bits per heavy atom. The molecule has 2 aliphatic rings. The number of hydrogen-bond donors (Lipinski definition) is 2. The smallest absolute Gasteiger partial charge is 0.243 e. The average molecular weight is 396 g/mol. The fourth-order valence-electron chi connectivity index (χ4n) is 3.47. The number of aryl methyl sites for hydroxylation is 1. The van der Waals surface area contributed by atoms with Crippen molar-refractivity contribution < 1.29 is 17.9 Å². The lowest BCUT2D eigenvalue weighted by molar-refractivity contribution is -0.121. The number of hydrogen-bond acceptors (Lipinski definition) is 5. The minimum atomic E-state index is -3.46. The number of nitrogens with one attached hydrogen (secondary N) is 2. The molecule has 2 fully saturated rings. The maximum Gasteiger partial charge on any atom is 0.243 e. The molecule has 1 atom stereocenters. The summed E-state index contributed by atoms with van der Waals surface area (Å²) < 4.78 is 31.9. The van der Waals surface area contributed by atoms with Gasteiger partial charge in [-0.15, -0.1) is 0 Å². The predicted molar refractivity (Wildman–Crippen MR) is 103 cm³/mol. The highest BCUT2D eigenvalue weighted by atomic mass is 32.2. The van der Waals surface area contributed by atoms with Crippen LogP contribution >= 0.6 is 0 Å². The zero-order chi connectivity index (χ0) is 19.1. The van der Waals surface area contributed by atoms with Crippen molar-refractivity contribution in [2.24, 2.45) is 5.92 Å². The standard InChI is InChI=1S/C19H29N3O4S/c23-19(21-15-17-2-1-9-20-14-17)8-5-16-3-6-18(7-4-16)27(24,25)22-10-12-26-13-11-22/h3-4,6-7,17,20H,1-2,5,8-15H2,(H,21,23). The zero-order valence-electron chi connectivity index (χ0n) is 15.7. The third-order valence-electron chi connectivity index (χ3n) is 5.16. The van der Waals surface area contributed by atoms with E-state index in [1.807, 2.05) is 0 Å². The van der Waals surface area contributed by atoms with Gasteiger partial charge in [-0.05, 0) is 56.0 Å². The van der Waals surface area contributed by atoms with Crippen molar-refractivity contribution in [2.45, 2.75) is 30.6 Å².